The zero-order chi connectivity index (χ0) is 19.1. The van der Waals surface area contributed by atoms with Gasteiger partial charge in [-0.1, -0.05) is 12.1 Å². The Bertz CT molecular complexity index is 733. The van der Waals surface area contributed by atoms with Gasteiger partial charge in [0.1, 0.15) is 5.75 Å². The van der Waals surface area contributed by atoms with Crippen LogP contribution in [0.4, 0.5) is 0 Å². The van der Waals surface area contributed by atoms with Crippen LogP contribution in [-0.4, -0.2) is 32.5 Å². The van der Waals surface area contributed by atoms with Gasteiger partial charge in [-0.05, 0) is 49.7 Å². The van der Waals surface area contributed by atoms with Crippen LogP contribution >= 0.6 is 11.8 Å². The van der Waals surface area contributed by atoms with E-state index >= 15 is 0 Å². The second-order valence-corrected chi connectivity index (χ2v) is 7.19. The predicted molar refractivity (Wildman–Crippen MR) is 104 cm³/mol. The first-order valence-corrected chi connectivity index (χ1v) is 9.19. The number of nitrogens with one attached hydrogen (secondary N) is 1. The fourth-order valence-corrected chi connectivity index (χ4v) is 3.36. The van der Waals surface area contributed by atoms with E-state index in [0.29, 0.717) is 11.5 Å². The van der Waals surface area contributed by atoms with E-state index < -0.39 is 0 Å². The standard InChI is InChI=1S/C20H25NO4S/c1-13(15-6-8-16(23-3)9-7-15)21-20(22)14(2)26-17-10-11-18(24-4)19(12-17)25-5/h6-14H,1-5H3,(H,21,22). The highest BCUT2D eigenvalue weighted by Crippen LogP contribution is 2.33. The van der Waals surface area contributed by atoms with Crippen LogP contribution in [0.3, 0.4) is 0 Å². The summed E-state index contributed by atoms with van der Waals surface area (Å²) >= 11 is 1.48. The Labute approximate surface area is 159 Å². The van der Waals surface area contributed by atoms with Gasteiger partial charge in [0, 0.05) is 4.90 Å². The van der Waals surface area contributed by atoms with E-state index in [0.717, 1.165) is 16.2 Å². The van der Waals surface area contributed by atoms with Gasteiger partial charge in [-0.25, -0.2) is 0 Å². The Balaban J connectivity index is 1.98. The maximum atomic E-state index is 12.5. The normalized spacial score (nSPS) is 12.8. The Morgan fingerprint density at radius 3 is 2.15 bits per heavy atom. The molecule has 0 heterocycles. The first-order valence-electron chi connectivity index (χ1n) is 8.31. The summed E-state index contributed by atoms with van der Waals surface area (Å²) in [5.74, 6) is 2.09. The quantitative estimate of drug-likeness (QED) is 0.705. The molecule has 0 spiro atoms. The van der Waals surface area contributed by atoms with Crippen LogP contribution in [0, 0.1) is 0 Å². The number of methoxy groups -OCH3 is 3. The van der Waals surface area contributed by atoms with Gasteiger partial charge in [0.15, 0.2) is 11.5 Å². The molecule has 2 rings (SSSR count). The minimum Gasteiger partial charge on any atom is -0.497 e. The third-order valence-electron chi connectivity index (χ3n) is 4.01. The summed E-state index contributed by atoms with van der Waals surface area (Å²) in [7, 11) is 4.83. The molecular weight excluding hydrogens is 350 g/mol. The zero-order valence-electron chi connectivity index (χ0n) is 15.7. The smallest absolute Gasteiger partial charge is 0.233 e. The third-order valence-corrected chi connectivity index (χ3v) is 5.11. The number of amides is 1. The predicted octanol–water partition coefficient (Wildman–Crippen LogP) is 4.07. The van der Waals surface area contributed by atoms with Crippen LogP contribution in [0.25, 0.3) is 0 Å². The van der Waals surface area contributed by atoms with E-state index in [1.807, 2.05) is 56.3 Å². The van der Waals surface area contributed by atoms with Crippen molar-refractivity contribution < 1.29 is 19.0 Å². The first kappa shape index (κ1) is 20.0. The summed E-state index contributed by atoms with van der Waals surface area (Å²) in [6.07, 6.45) is 0. The molecule has 26 heavy (non-hydrogen) atoms. The molecule has 2 aromatic rings. The lowest BCUT2D eigenvalue weighted by Gasteiger charge is -2.18. The number of carbonyl (C=O) groups is 1. The Kier molecular flexibility index (Phi) is 7.21. The van der Waals surface area contributed by atoms with Crippen molar-refractivity contribution >= 4 is 17.7 Å². The van der Waals surface area contributed by atoms with Gasteiger partial charge in [-0.2, -0.15) is 0 Å². The number of benzene rings is 2. The van der Waals surface area contributed by atoms with E-state index in [2.05, 4.69) is 5.32 Å². The average Bonchev–Trinajstić information content (AvgIpc) is 2.67. The number of hydrogen-bond acceptors (Lipinski definition) is 5. The summed E-state index contributed by atoms with van der Waals surface area (Å²) in [6.45, 7) is 3.85. The summed E-state index contributed by atoms with van der Waals surface area (Å²) in [4.78, 5) is 13.5. The van der Waals surface area contributed by atoms with E-state index in [-0.39, 0.29) is 17.2 Å². The van der Waals surface area contributed by atoms with Crippen LogP contribution in [0.1, 0.15) is 25.5 Å². The lowest BCUT2D eigenvalue weighted by Crippen LogP contribution is -2.33. The highest BCUT2D eigenvalue weighted by Gasteiger charge is 2.18. The maximum Gasteiger partial charge on any atom is 0.233 e. The molecule has 1 amide bonds. The molecule has 140 valence electrons. The largest absolute Gasteiger partial charge is 0.497 e. The second kappa shape index (κ2) is 9.38. The minimum absolute atomic E-state index is 0.0203. The van der Waals surface area contributed by atoms with Crippen molar-refractivity contribution in [2.45, 2.75) is 30.0 Å². The van der Waals surface area contributed by atoms with Crippen molar-refractivity contribution in [3.63, 3.8) is 0 Å². The van der Waals surface area contributed by atoms with Crippen molar-refractivity contribution in [3.8, 4) is 17.2 Å². The van der Waals surface area contributed by atoms with Gasteiger partial charge >= 0.3 is 0 Å². The number of hydrogen-bond donors (Lipinski definition) is 1. The third kappa shape index (κ3) is 5.08. The Morgan fingerprint density at radius 2 is 1.58 bits per heavy atom. The number of carbonyl (C=O) groups excluding carboxylic acids is 1. The van der Waals surface area contributed by atoms with Crippen LogP contribution in [0.15, 0.2) is 47.4 Å². The van der Waals surface area contributed by atoms with Crippen LogP contribution in [0.2, 0.25) is 0 Å². The molecule has 0 radical (unpaired) electrons. The van der Waals surface area contributed by atoms with Crippen molar-refractivity contribution in [1.29, 1.82) is 0 Å². The van der Waals surface area contributed by atoms with E-state index in [1.54, 1.807) is 21.3 Å². The molecule has 2 unspecified atom stereocenters. The molecular formula is C20H25NO4S. The SMILES string of the molecule is COc1ccc(C(C)NC(=O)C(C)Sc2ccc(OC)c(OC)c2)cc1. The molecule has 1 N–H and O–H groups in total. The monoisotopic (exact) mass is 375 g/mol. The molecule has 0 fully saturated rings. The van der Waals surface area contributed by atoms with Gasteiger partial charge in [0.2, 0.25) is 5.91 Å². The average molecular weight is 375 g/mol. The van der Waals surface area contributed by atoms with Crippen LogP contribution in [-0.2, 0) is 4.79 Å². The molecule has 0 aliphatic rings. The highest BCUT2D eigenvalue weighted by molar-refractivity contribution is 8.00. The van der Waals surface area contributed by atoms with Gasteiger partial charge in [0.25, 0.3) is 0 Å². The van der Waals surface area contributed by atoms with Gasteiger partial charge in [-0.15, -0.1) is 11.8 Å². The van der Waals surface area contributed by atoms with Gasteiger partial charge in [0.05, 0.1) is 32.6 Å². The summed E-state index contributed by atoms with van der Waals surface area (Å²) in [5.41, 5.74) is 1.03. The molecule has 0 saturated carbocycles. The first-order chi connectivity index (χ1) is 12.5. The maximum absolute atomic E-state index is 12.5. The summed E-state index contributed by atoms with van der Waals surface area (Å²) in [5, 5.41) is 2.81. The van der Waals surface area contributed by atoms with E-state index in [9.17, 15) is 4.79 Å². The van der Waals surface area contributed by atoms with Gasteiger partial charge in [-0.3, -0.25) is 4.79 Å². The lowest BCUT2D eigenvalue weighted by atomic mass is 10.1. The molecule has 0 saturated heterocycles. The fourth-order valence-electron chi connectivity index (χ4n) is 2.45. The van der Waals surface area contributed by atoms with Gasteiger partial charge < -0.3 is 19.5 Å². The topological polar surface area (TPSA) is 56.8 Å². The molecule has 0 bridgehead atoms. The van der Waals surface area contributed by atoms with E-state index in [1.165, 1.54) is 11.8 Å². The number of thioether (sulfide) groups is 1. The lowest BCUT2D eigenvalue weighted by molar-refractivity contribution is -0.120. The summed E-state index contributed by atoms with van der Waals surface area (Å²) in [6, 6.07) is 13.2. The molecule has 2 aromatic carbocycles. The molecule has 0 aromatic heterocycles. The van der Waals surface area contributed by atoms with Crippen molar-refractivity contribution in [1.82, 2.24) is 5.32 Å². The number of ether oxygens (including phenoxy) is 3. The molecule has 0 aliphatic carbocycles. The van der Waals surface area contributed by atoms with Crippen molar-refractivity contribution in [3.05, 3.63) is 48.0 Å². The highest BCUT2D eigenvalue weighted by atomic mass is 32.2. The van der Waals surface area contributed by atoms with Crippen LogP contribution in [0.5, 0.6) is 17.2 Å². The molecule has 5 nitrogen and oxygen atoms in total. The Hall–Kier alpha value is -2.34. The Morgan fingerprint density at radius 1 is 0.923 bits per heavy atom. The zero-order valence-corrected chi connectivity index (χ0v) is 16.6. The van der Waals surface area contributed by atoms with E-state index in [4.69, 9.17) is 14.2 Å². The fraction of sp³-hybridized carbons (Fsp3) is 0.350. The summed E-state index contributed by atoms with van der Waals surface area (Å²) < 4.78 is 15.7. The second-order valence-electron chi connectivity index (χ2n) is 5.78. The van der Waals surface area contributed by atoms with Crippen molar-refractivity contribution in [2.75, 3.05) is 21.3 Å². The minimum atomic E-state index is -0.242. The number of rotatable bonds is 8. The molecule has 6 heteroatoms. The molecule has 0 aliphatic heterocycles. The van der Waals surface area contributed by atoms with Crippen LogP contribution < -0.4 is 19.5 Å². The van der Waals surface area contributed by atoms with Crippen molar-refractivity contribution in [2.24, 2.45) is 0 Å². The molecule has 2 atom stereocenters.